The molecule has 0 saturated heterocycles. The van der Waals surface area contributed by atoms with Gasteiger partial charge in [0.1, 0.15) is 0 Å². The standard InChI is InChI=1S/C16H25N3/c1-6-14(17-10-16(3,4)5)13-8-12-9-18-19-15(12)7-11(13)2/h7-9,14,17H,6,10H2,1-5H3,(H,18,19)/t14-/m1/s1. The van der Waals surface area contributed by atoms with Crippen LogP contribution in [0.2, 0.25) is 0 Å². The van der Waals surface area contributed by atoms with Gasteiger partial charge in [-0.25, -0.2) is 0 Å². The molecular formula is C16H25N3. The van der Waals surface area contributed by atoms with Crippen molar-refractivity contribution in [3.63, 3.8) is 0 Å². The topological polar surface area (TPSA) is 40.7 Å². The summed E-state index contributed by atoms with van der Waals surface area (Å²) in [6.07, 6.45) is 3.00. The van der Waals surface area contributed by atoms with Crippen LogP contribution in [0.1, 0.15) is 51.3 Å². The Bertz CT molecular complexity index is 549. The monoisotopic (exact) mass is 259 g/mol. The Morgan fingerprint density at radius 3 is 2.68 bits per heavy atom. The first kappa shape index (κ1) is 14.1. The van der Waals surface area contributed by atoms with Crippen LogP contribution >= 0.6 is 0 Å². The van der Waals surface area contributed by atoms with Crippen LogP contribution in [0.4, 0.5) is 0 Å². The van der Waals surface area contributed by atoms with E-state index < -0.39 is 0 Å². The second-order valence-electron chi connectivity index (χ2n) is 6.57. The maximum atomic E-state index is 4.11. The zero-order valence-corrected chi connectivity index (χ0v) is 12.7. The first-order chi connectivity index (χ1) is 8.90. The lowest BCUT2D eigenvalue weighted by molar-refractivity contribution is 0.349. The van der Waals surface area contributed by atoms with Gasteiger partial charge in [0.25, 0.3) is 0 Å². The van der Waals surface area contributed by atoms with Gasteiger partial charge >= 0.3 is 0 Å². The van der Waals surface area contributed by atoms with Crippen molar-refractivity contribution in [1.82, 2.24) is 15.5 Å². The van der Waals surface area contributed by atoms with E-state index in [4.69, 9.17) is 0 Å². The maximum absolute atomic E-state index is 4.11. The number of aromatic nitrogens is 2. The number of rotatable bonds is 4. The normalized spacial score (nSPS) is 13.9. The molecule has 1 aromatic carbocycles. The zero-order valence-electron chi connectivity index (χ0n) is 12.7. The summed E-state index contributed by atoms with van der Waals surface area (Å²) in [5.74, 6) is 0. The van der Waals surface area contributed by atoms with Gasteiger partial charge in [0, 0.05) is 18.0 Å². The molecule has 104 valence electrons. The predicted molar refractivity (Wildman–Crippen MR) is 81.3 cm³/mol. The predicted octanol–water partition coefficient (Wildman–Crippen LogP) is 3.96. The van der Waals surface area contributed by atoms with Crippen LogP contribution in [0.15, 0.2) is 18.3 Å². The Kier molecular flexibility index (Phi) is 3.95. The Hall–Kier alpha value is -1.35. The van der Waals surface area contributed by atoms with Crippen molar-refractivity contribution in [1.29, 1.82) is 0 Å². The van der Waals surface area contributed by atoms with Gasteiger partial charge in [-0.15, -0.1) is 0 Å². The van der Waals surface area contributed by atoms with Gasteiger partial charge in [-0.2, -0.15) is 5.10 Å². The van der Waals surface area contributed by atoms with Crippen molar-refractivity contribution < 1.29 is 0 Å². The molecule has 0 aliphatic rings. The number of hydrogen-bond donors (Lipinski definition) is 2. The molecule has 0 fully saturated rings. The molecule has 19 heavy (non-hydrogen) atoms. The molecule has 1 atom stereocenters. The summed E-state index contributed by atoms with van der Waals surface area (Å²) in [7, 11) is 0. The summed E-state index contributed by atoms with van der Waals surface area (Å²) in [6.45, 7) is 12.2. The molecule has 0 radical (unpaired) electrons. The lowest BCUT2D eigenvalue weighted by atomic mass is 9.93. The second kappa shape index (κ2) is 5.33. The molecule has 0 aliphatic carbocycles. The number of hydrogen-bond acceptors (Lipinski definition) is 2. The highest BCUT2D eigenvalue weighted by Gasteiger charge is 2.16. The highest BCUT2D eigenvalue weighted by molar-refractivity contribution is 5.79. The van der Waals surface area contributed by atoms with Gasteiger partial charge in [0.15, 0.2) is 0 Å². The highest BCUT2D eigenvalue weighted by Crippen LogP contribution is 2.26. The van der Waals surface area contributed by atoms with E-state index >= 15 is 0 Å². The average molecular weight is 259 g/mol. The molecule has 0 amide bonds. The molecule has 0 bridgehead atoms. The molecule has 2 aromatic rings. The first-order valence-electron chi connectivity index (χ1n) is 7.07. The Balaban J connectivity index is 2.26. The number of H-pyrrole nitrogens is 1. The van der Waals surface area contributed by atoms with Gasteiger partial charge in [0.05, 0.1) is 11.7 Å². The number of aromatic amines is 1. The number of aryl methyl sites for hydroxylation is 1. The van der Waals surface area contributed by atoms with E-state index in [0.29, 0.717) is 11.5 Å². The van der Waals surface area contributed by atoms with Crippen LogP contribution in [0.5, 0.6) is 0 Å². The summed E-state index contributed by atoms with van der Waals surface area (Å²) < 4.78 is 0. The molecule has 2 rings (SSSR count). The maximum Gasteiger partial charge on any atom is 0.0653 e. The lowest BCUT2D eigenvalue weighted by Crippen LogP contribution is -2.30. The van der Waals surface area contributed by atoms with Gasteiger partial charge in [-0.3, -0.25) is 5.10 Å². The Labute approximate surface area is 115 Å². The van der Waals surface area contributed by atoms with E-state index in [1.165, 1.54) is 16.5 Å². The van der Waals surface area contributed by atoms with Crippen molar-refractivity contribution in [3.8, 4) is 0 Å². The Morgan fingerprint density at radius 2 is 2.05 bits per heavy atom. The van der Waals surface area contributed by atoms with Crippen LogP contribution < -0.4 is 5.32 Å². The third-order valence-electron chi connectivity index (χ3n) is 3.49. The van der Waals surface area contributed by atoms with Crippen molar-refractivity contribution in [2.75, 3.05) is 6.54 Å². The fraction of sp³-hybridized carbons (Fsp3) is 0.562. The van der Waals surface area contributed by atoms with Crippen LogP contribution in [-0.2, 0) is 0 Å². The minimum absolute atomic E-state index is 0.307. The summed E-state index contributed by atoms with van der Waals surface area (Å²) >= 11 is 0. The van der Waals surface area contributed by atoms with E-state index in [1.807, 2.05) is 6.20 Å². The quantitative estimate of drug-likeness (QED) is 0.872. The van der Waals surface area contributed by atoms with E-state index in [1.54, 1.807) is 0 Å². The average Bonchev–Trinajstić information content (AvgIpc) is 2.75. The zero-order chi connectivity index (χ0) is 14.0. The van der Waals surface area contributed by atoms with Gasteiger partial charge in [0.2, 0.25) is 0 Å². The summed E-state index contributed by atoms with van der Waals surface area (Å²) in [5, 5.41) is 12.0. The molecule has 0 unspecified atom stereocenters. The molecule has 0 spiro atoms. The molecule has 0 aliphatic heterocycles. The molecule has 0 saturated carbocycles. The fourth-order valence-corrected chi connectivity index (χ4v) is 2.40. The van der Waals surface area contributed by atoms with E-state index in [0.717, 1.165) is 18.5 Å². The lowest BCUT2D eigenvalue weighted by Gasteiger charge is -2.25. The fourth-order valence-electron chi connectivity index (χ4n) is 2.40. The van der Waals surface area contributed by atoms with Gasteiger partial charge in [-0.05, 0) is 42.0 Å². The molecule has 1 heterocycles. The number of nitrogens with one attached hydrogen (secondary N) is 2. The molecule has 3 nitrogen and oxygen atoms in total. The van der Waals surface area contributed by atoms with Gasteiger partial charge in [-0.1, -0.05) is 27.7 Å². The molecule has 2 N–H and O–H groups in total. The molecular weight excluding hydrogens is 234 g/mol. The van der Waals surface area contributed by atoms with Crippen LogP contribution in [0, 0.1) is 12.3 Å². The van der Waals surface area contributed by atoms with Crippen LogP contribution in [-0.4, -0.2) is 16.7 Å². The smallest absolute Gasteiger partial charge is 0.0653 e. The number of nitrogens with zero attached hydrogens (tertiary/aromatic N) is 1. The molecule has 3 heteroatoms. The SMILES string of the molecule is CC[C@@H](NCC(C)(C)C)c1cc2cn[nH]c2cc1C. The first-order valence-corrected chi connectivity index (χ1v) is 7.07. The summed E-state index contributed by atoms with van der Waals surface area (Å²) in [4.78, 5) is 0. The third kappa shape index (κ3) is 3.35. The van der Waals surface area contributed by atoms with Gasteiger partial charge < -0.3 is 5.32 Å². The summed E-state index contributed by atoms with van der Waals surface area (Å²) in [6, 6.07) is 4.87. The van der Waals surface area contributed by atoms with Crippen LogP contribution in [0.3, 0.4) is 0 Å². The number of benzene rings is 1. The van der Waals surface area contributed by atoms with Crippen molar-refractivity contribution in [2.45, 2.75) is 47.1 Å². The highest BCUT2D eigenvalue weighted by atomic mass is 15.1. The Morgan fingerprint density at radius 1 is 1.32 bits per heavy atom. The largest absolute Gasteiger partial charge is 0.309 e. The molecule has 1 aromatic heterocycles. The number of fused-ring (bicyclic) bond motifs is 1. The minimum Gasteiger partial charge on any atom is -0.309 e. The van der Waals surface area contributed by atoms with Crippen molar-refractivity contribution >= 4 is 10.9 Å². The van der Waals surface area contributed by atoms with E-state index in [9.17, 15) is 0 Å². The second-order valence-corrected chi connectivity index (χ2v) is 6.57. The van der Waals surface area contributed by atoms with Crippen molar-refractivity contribution in [2.24, 2.45) is 5.41 Å². The van der Waals surface area contributed by atoms with E-state index in [-0.39, 0.29) is 0 Å². The summed E-state index contributed by atoms with van der Waals surface area (Å²) in [5.41, 5.74) is 4.14. The third-order valence-corrected chi connectivity index (χ3v) is 3.49. The van der Waals surface area contributed by atoms with Crippen molar-refractivity contribution in [3.05, 3.63) is 29.5 Å². The minimum atomic E-state index is 0.307. The van der Waals surface area contributed by atoms with Crippen LogP contribution in [0.25, 0.3) is 10.9 Å². The van der Waals surface area contributed by atoms with E-state index in [2.05, 4.69) is 62.3 Å².